The molecule has 0 aliphatic carbocycles. The lowest BCUT2D eigenvalue weighted by Gasteiger charge is -2.30. The molecule has 1 fully saturated rings. The van der Waals surface area contributed by atoms with Crippen molar-refractivity contribution in [2.24, 2.45) is 24.8 Å². The summed E-state index contributed by atoms with van der Waals surface area (Å²) in [6, 6.07) is 0. The first-order chi connectivity index (χ1) is 10.4. The van der Waals surface area contributed by atoms with Crippen LogP contribution in [-0.4, -0.2) is 46.8 Å². The van der Waals surface area contributed by atoms with Crippen LogP contribution in [-0.2, 0) is 11.8 Å². The van der Waals surface area contributed by atoms with Gasteiger partial charge in [-0.3, -0.25) is 9.48 Å². The van der Waals surface area contributed by atoms with Gasteiger partial charge in [0.15, 0.2) is 0 Å². The molecule has 1 aromatic heterocycles. The Hall–Kier alpha value is -1.36. The van der Waals surface area contributed by atoms with E-state index in [0.29, 0.717) is 17.7 Å². The predicted octanol–water partition coefficient (Wildman–Crippen LogP) is 1.86. The van der Waals surface area contributed by atoms with E-state index in [9.17, 15) is 4.79 Å². The van der Waals surface area contributed by atoms with Crippen molar-refractivity contribution in [1.29, 1.82) is 0 Å². The minimum absolute atomic E-state index is 0.0294. The summed E-state index contributed by atoms with van der Waals surface area (Å²) in [4.78, 5) is 15.1. The van der Waals surface area contributed by atoms with Gasteiger partial charge in [-0.1, -0.05) is 27.7 Å². The first kappa shape index (κ1) is 17.0. The van der Waals surface area contributed by atoms with E-state index in [-0.39, 0.29) is 11.8 Å². The maximum Gasteiger partial charge on any atom is 0.227 e. The number of carbonyl (C=O) groups is 1. The smallest absolute Gasteiger partial charge is 0.227 e. The summed E-state index contributed by atoms with van der Waals surface area (Å²) >= 11 is 0. The summed E-state index contributed by atoms with van der Waals surface area (Å²) in [5.74, 6) is 1.55. The third kappa shape index (κ3) is 4.09. The Morgan fingerprint density at radius 1 is 1.32 bits per heavy atom. The summed E-state index contributed by atoms with van der Waals surface area (Å²) in [7, 11) is 1.92. The Morgan fingerprint density at radius 3 is 2.45 bits per heavy atom. The molecule has 5 nitrogen and oxygen atoms in total. The number of nitrogens with one attached hydrogen (secondary N) is 1. The highest BCUT2D eigenvalue weighted by Crippen LogP contribution is 2.29. The molecule has 0 spiro atoms. The Balaban J connectivity index is 2.13. The van der Waals surface area contributed by atoms with Gasteiger partial charge in [0.05, 0.1) is 12.1 Å². The second-order valence-corrected chi connectivity index (χ2v) is 7.35. The van der Waals surface area contributed by atoms with Crippen LogP contribution in [0.15, 0.2) is 12.4 Å². The van der Waals surface area contributed by atoms with Gasteiger partial charge < -0.3 is 10.2 Å². The molecule has 1 amide bonds. The maximum absolute atomic E-state index is 13.1. The molecule has 1 saturated heterocycles. The minimum atomic E-state index is 0.0294. The topological polar surface area (TPSA) is 50.2 Å². The van der Waals surface area contributed by atoms with Crippen LogP contribution >= 0.6 is 0 Å². The van der Waals surface area contributed by atoms with Crippen molar-refractivity contribution in [3.05, 3.63) is 18.0 Å². The Labute approximate surface area is 134 Å². The Kier molecular flexibility index (Phi) is 5.62. The third-order valence-electron chi connectivity index (χ3n) is 4.17. The van der Waals surface area contributed by atoms with Crippen LogP contribution in [0.5, 0.6) is 0 Å². The minimum Gasteiger partial charge on any atom is -0.342 e. The molecule has 5 heteroatoms. The fraction of sp³-hybridized carbons (Fsp3) is 0.765. The summed E-state index contributed by atoms with van der Waals surface area (Å²) < 4.78 is 1.81. The average molecular weight is 306 g/mol. The van der Waals surface area contributed by atoms with Gasteiger partial charge in [0.1, 0.15) is 0 Å². The SMILES string of the molecule is CC(C)CN(CC(C)C)C(=O)[C@H]1CNC[C@@H]1c1cnn(C)c1. The molecule has 0 bridgehead atoms. The molecule has 0 saturated carbocycles. The van der Waals surface area contributed by atoms with Crippen molar-refractivity contribution >= 4 is 5.91 Å². The van der Waals surface area contributed by atoms with Crippen LogP contribution in [0.4, 0.5) is 0 Å². The van der Waals surface area contributed by atoms with Crippen molar-refractivity contribution in [3.8, 4) is 0 Å². The third-order valence-corrected chi connectivity index (χ3v) is 4.17. The Morgan fingerprint density at radius 2 is 1.95 bits per heavy atom. The molecule has 1 aliphatic rings. The molecule has 2 rings (SSSR count). The number of hydrogen-bond donors (Lipinski definition) is 1. The lowest BCUT2D eigenvalue weighted by atomic mass is 9.89. The van der Waals surface area contributed by atoms with Crippen LogP contribution in [0.25, 0.3) is 0 Å². The van der Waals surface area contributed by atoms with E-state index in [4.69, 9.17) is 0 Å². The average Bonchev–Trinajstić information content (AvgIpc) is 3.04. The van der Waals surface area contributed by atoms with Gasteiger partial charge in [0, 0.05) is 45.3 Å². The zero-order valence-corrected chi connectivity index (χ0v) is 14.5. The van der Waals surface area contributed by atoms with Crippen molar-refractivity contribution in [2.75, 3.05) is 26.2 Å². The lowest BCUT2D eigenvalue weighted by molar-refractivity contribution is -0.136. The molecule has 124 valence electrons. The summed E-state index contributed by atoms with van der Waals surface area (Å²) in [5, 5.41) is 7.65. The molecule has 22 heavy (non-hydrogen) atoms. The van der Waals surface area contributed by atoms with Gasteiger partial charge in [-0.25, -0.2) is 0 Å². The van der Waals surface area contributed by atoms with Crippen LogP contribution in [0.2, 0.25) is 0 Å². The predicted molar refractivity (Wildman–Crippen MR) is 88.6 cm³/mol. The summed E-state index contributed by atoms with van der Waals surface area (Å²) in [6.45, 7) is 12.0. The molecule has 0 unspecified atom stereocenters. The van der Waals surface area contributed by atoms with Gasteiger partial charge >= 0.3 is 0 Å². The molecular formula is C17H30N4O. The largest absolute Gasteiger partial charge is 0.342 e. The van der Waals surface area contributed by atoms with E-state index in [1.165, 1.54) is 5.56 Å². The molecule has 0 aromatic carbocycles. The molecule has 2 atom stereocenters. The van der Waals surface area contributed by atoms with Gasteiger partial charge in [0.2, 0.25) is 5.91 Å². The van der Waals surface area contributed by atoms with Crippen LogP contribution < -0.4 is 5.32 Å². The highest BCUT2D eigenvalue weighted by Gasteiger charge is 2.37. The van der Waals surface area contributed by atoms with Crippen molar-refractivity contribution in [3.63, 3.8) is 0 Å². The van der Waals surface area contributed by atoms with Gasteiger partial charge in [0.25, 0.3) is 0 Å². The summed E-state index contributed by atoms with van der Waals surface area (Å²) in [6.07, 6.45) is 3.93. The zero-order valence-electron chi connectivity index (χ0n) is 14.5. The fourth-order valence-electron chi connectivity index (χ4n) is 3.29. The van der Waals surface area contributed by atoms with Gasteiger partial charge in [-0.05, 0) is 17.4 Å². The first-order valence-corrected chi connectivity index (χ1v) is 8.36. The van der Waals surface area contributed by atoms with E-state index in [1.807, 2.05) is 24.1 Å². The molecular weight excluding hydrogens is 276 g/mol. The van der Waals surface area contributed by atoms with E-state index in [1.54, 1.807) is 0 Å². The lowest BCUT2D eigenvalue weighted by Crippen LogP contribution is -2.42. The maximum atomic E-state index is 13.1. The molecule has 2 heterocycles. The molecule has 1 aliphatic heterocycles. The van der Waals surface area contributed by atoms with E-state index in [2.05, 4.69) is 43.0 Å². The van der Waals surface area contributed by atoms with E-state index < -0.39 is 0 Å². The van der Waals surface area contributed by atoms with Crippen LogP contribution in [0.1, 0.15) is 39.2 Å². The van der Waals surface area contributed by atoms with Crippen LogP contribution in [0, 0.1) is 17.8 Å². The summed E-state index contributed by atoms with van der Waals surface area (Å²) in [5.41, 5.74) is 1.17. The number of nitrogens with zero attached hydrogens (tertiary/aromatic N) is 3. The number of hydrogen-bond acceptors (Lipinski definition) is 3. The zero-order chi connectivity index (χ0) is 16.3. The van der Waals surface area contributed by atoms with E-state index >= 15 is 0 Å². The number of aryl methyl sites for hydroxylation is 1. The normalized spacial score (nSPS) is 21.8. The quantitative estimate of drug-likeness (QED) is 0.873. The highest BCUT2D eigenvalue weighted by molar-refractivity contribution is 5.80. The van der Waals surface area contributed by atoms with Crippen molar-refractivity contribution in [2.45, 2.75) is 33.6 Å². The second kappa shape index (κ2) is 7.27. The highest BCUT2D eigenvalue weighted by atomic mass is 16.2. The number of aromatic nitrogens is 2. The van der Waals surface area contributed by atoms with Crippen molar-refractivity contribution < 1.29 is 4.79 Å². The number of carbonyl (C=O) groups excluding carboxylic acids is 1. The van der Waals surface area contributed by atoms with Gasteiger partial charge in [-0.2, -0.15) is 5.10 Å². The number of amides is 1. The molecule has 1 aromatic rings. The van der Waals surface area contributed by atoms with E-state index in [0.717, 1.165) is 26.2 Å². The van der Waals surface area contributed by atoms with Crippen molar-refractivity contribution in [1.82, 2.24) is 20.0 Å². The standard InChI is InChI=1S/C17H30N4O/c1-12(2)9-21(10-13(3)4)17(22)16-8-18-7-15(16)14-6-19-20(5)11-14/h6,11-13,15-16,18H,7-10H2,1-5H3/t15-,16+/m1/s1. The molecule has 1 N–H and O–H groups in total. The fourth-order valence-corrected chi connectivity index (χ4v) is 3.29. The van der Waals surface area contributed by atoms with Crippen LogP contribution in [0.3, 0.4) is 0 Å². The monoisotopic (exact) mass is 306 g/mol. The number of rotatable bonds is 6. The molecule has 0 radical (unpaired) electrons. The second-order valence-electron chi connectivity index (χ2n) is 7.35. The Bertz CT molecular complexity index is 485. The van der Waals surface area contributed by atoms with Gasteiger partial charge in [-0.15, -0.1) is 0 Å². The first-order valence-electron chi connectivity index (χ1n) is 8.36.